The number of hydrogen-bond donors (Lipinski definition) is 10. The predicted octanol–water partition coefficient (Wildman–Crippen LogP) is 6.24. The second-order valence-electron chi connectivity index (χ2n) is 27.6. The summed E-state index contributed by atoms with van der Waals surface area (Å²) >= 11 is 0.562. The molecule has 38 nitrogen and oxygen atoms in total. The van der Waals surface area contributed by atoms with Gasteiger partial charge in [0.2, 0.25) is 29.9 Å². The number of phosphoric acid groups is 1. The second kappa shape index (κ2) is 40.6. The van der Waals surface area contributed by atoms with Crippen molar-refractivity contribution in [2.24, 2.45) is 0 Å². The van der Waals surface area contributed by atoms with Crippen LogP contribution in [-0.4, -0.2) is 208 Å². The number of nitrogen functional groups attached to an aromatic ring is 1. The van der Waals surface area contributed by atoms with E-state index in [4.69, 9.17) is 57.0 Å². The number of alkyl carbamates (subject to hydrolysis) is 1. The van der Waals surface area contributed by atoms with Gasteiger partial charge in [0.1, 0.15) is 78.4 Å². The maximum Gasteiger partial charge on any atom is 0.472 e. The van der Waals surface area contributed by atoms with Gasteiger partial charge in [-0.05, 0) is 96.7 Å². The lowest BCUT2D eigenvalue weighted by molar-refractivity contribution is -0.271. The van der Waals surface area contributed by atoms with Gasteiger partial charge in [-0.15, -0.1) is 0 Å². The number of rotatable bonds is 36. The maximum absolute atomic E-state index is 16.7. The fraction of sp³-hybridized carbons (Fsp3) is 0.528. The standard InChI is InChI=1S/C72H89F2N11O27P2S/c73-55-61-49(108-67(55)85-40-80-57-64(75)78-39-79-65(57)85)37-105-114(101,112-62-48(36-104-113(99,100)111-61)107-66(56(62)74)84-32-28-52(88)82-71(84)97)115-38-41-15-20-45(21-16-41)106-69(96)43-18-22-44(23-19-43)102-33-13-8-6-4-2-1-3-5-7-11-29-77-72(98)103-35-42-17-24-47(109-70-60(93)58(91)59(92)63(110-70)68(94)95)46(34-42)81-51(87)27-30-76-50(86)14-10-9-12-31-83-53(89)25-26-54(83)90/h15-24,28,32,34,39-40,48-49,55-56,58-63,66-67,70,91-93H,1-14,25-27,29-31,33,35-38H2,(H,76,86)(H,77,98)(H,81,87)(H,94,95)(H,99,100)(H2,75,78,79)(H,82,88,97)/t48-,49-,55-,56-,58-,59-,60+,61-,62-,63-,66-,67-,70+,114?/m1/s1. The number of hydrogen-bond acceptors (Lipinski definition) is 30. The number of unbranched alkanes of at least 4 members (excludes halogenated alkanes) is 11. The van der Waals surface area contributed by atoms with E-state index >= 15 is 13.3 Å². The van der Waals surface area contributed by atoms with Crippen LogP contribution in [0.2, 0.25) is 0 Å². The van der Waals surface area contributed by atoms with E-state index in [9.17, 15) is 73.0 Å². The number of phosphoric ester groups is 1. The molecule has 8 heterocycles. The summed E-state index contributed by atoms with van der Waals surface area (Å²) in [6.07, 6.45) is -11.0. The normalized spacial score (nSPS) is 26.2. The Bertz CT molecular complexity index is 4600. The van der Waals surface area contributed by atoms with Crippen molar-refractivity contribution in [1.29, 1.82) is 0 Å². The highest BCUT2D eigenvalue weighted by atomic mass is 32.7. The molecule has 0 saturated carbocycles. The average molecular weight is 1670 g/mol. The molecule has 5 aliphatic heterocycles. The lowest BCUT2D eigenvalue weighted by Crippen LogP contribution is -2.61. The van der Waals surface area contributed by atoms with Gasteiger partial charge in [0, 0.05) is 63.3 Å². The monoisotopic (exact) mass is 1670 g/mol. The van der Waals surface area contributed by atoms with Gasteiger partial charge in [-0.2, -0.15) is 0 Å². The number of aromatic nitrogens is 6. The highest BCUT2D eigenvalue weighted by Gasteiger charge is 2.56. The molecule has 115 heavy (non-hydrogen) atoms. The number of ether oxygens (including phenoxy) is 7. The van der Waals surface area contributed by atoms with E-state index in [1.807, 2.05) is 4.98 Å². The number of anilines is 2. The lowest BCUT2D eigenvalue weighted by Gasteiger charge is -2.38. The van der Waals surface area contributed by atoms with Gasteiger partial charge < -0.3 is 80.2 Å². The number of carbonyl (C=O) groups is 7. The number of aliphatic carboxylic acids is 1. The molecule has 11 N–H and O–H groups in total. The van der Waals surface area contributed by atoms with Gasteiger partial charge in [-0.25, -0.2) is 52.0 Å². The zero-order valence-corrected chi connectivity index (χ0v) is 64.5. The van der Waals surface area contributed by atoms with Gasteiger partial charge in [0.25, 0.3) is 5.56 Å². The maximum atomic E-state index is 16.7. The average Bonchev–Trinajstić information content (AvgIpc) is 1.64. The molecule has 0 aliphatic carbocycles. The van der Waals surface area contributed by atoms with Crippen LogP contribution in [-0.2, 0) is 82.5 Å². The summed E-state index contributed by atoms with van der Waals surface area (Å²) in [4.78, 5) is 138. The molecule has 5 fully saturated rings. The Kier molecular flexibility index (Phi) is 30.6. The van der Waals surface area contributed by atoms with Gasteiger partial charge in [-0.1, -0.05) is 76.0 Å². The molecule has 0 spiro atoms. The van der Waals surface area contributed by atoms with Crippen molar-refractivity contribution in [2.75, 3.05) is 50.5 Å². The number of H-pyrrole nitrogens is 1. The molecule has 624 valence electrons. The molecule has 6 aromatic rings. The van der Waals surface area contributed by atoms with Crippen molar-refractivity contribution in [1.82, 2.24) is 44.6 Å². The number of amides is 5. The van der Waals surface area contributed by atoms with Gasteiger partial charge >= 0.3 is 38.3 Å². The van der Waals surface area contributed by atoms with E-state index in [0.717, 1.165) is 87.3 Å². The van der Waals surface area contributed by atoms with Crippen molar-refractivity contribution in [3.05, 3.63) is 129 Å². The van der Waals surface area contributed by atoms with Crippen LogP contribution in [0.25, 0.3) is 11.2 Å². The molecule has 2 unspecified atom stereocenters. The molecule has 11 rings (SSSR count). The van der Waals surface area contributed by atoms with Crippen LogP contribution in [0.1, 0.15) is 143 Å². The molecule has 3 aromatic heterocycles. The number of nitrogens with zero attached hydrogens (tertiary/aromatic N) is 6. The number of aliphatic hydroxyl groups excluding tert-OH is 3. The number of carbonyl (C=O) groups excluding carboxylic acids is 6. The summed E-state index contributed by atoms with van der Waals surface area (Å²) < 4.78 is 126. The van der Waals surface area contributed by atoms with Crippen molar-refractivity contribution >= 4 is 90.3 Å². The summed E-state index contributed by atoms with van der Waals surface area (Å²) in [5.41, 5.74) is 5.22. The molecule has 0 radical (unpaired) electrons. The zero-order valence-electron chi connectivity index (χ0n) is 61.9. The molecule has 15 atom stereocenters. The van der Waals surface area contributed by atoms with Crippen molar-refractivity contribution < 1.29 is 128 Å². The Labute approximate surface area is 658 Å². The number of esters is 1. The van der Waals surface area contributed by atoms with Crippen LogP contribution < -0.4 is 47.1 Å². The number of imide groups is 1. The molecule has 43 heteroatoms. The SMILES string of the molecule is Nc1ncnc2c1ncn2[C@@H]1O[C@@H]2COP(=O)(SCc3ccc(OC(=O)c4ccc(OCCCCCCCCCCCCNC(=O)OCc5ccc(O[C@H]6O[C@@H](C(=O)O)[C@H](O)[C@@H](O)[C@@H]6O)c(NC(=O)CCNC(=O)CCCCCN6C(=O)CCC6=O)c5)cc4)cc3)O[C@H]3[C@@H](F)[C@H](n4ccc(=O)[nH]c4=O)O[C@@H]3COP(=O)(O)O[C@H]2[C@H]1F. The minimum absolute atomic E-state index is 0.0203. The summed E-state index contributed by atoms with van der Waals surface area (Å²) in [5, 5.41) is 48.7. The lowest BCUT2D eigenvalue weighted by atomic mass is 9.99. The molecule has 3 aromatic carbocycles. The first-order valence-electron chi connectivity index (χ1n) is 37.3. The van der Waals surface area contributed by atoms with E-state index in [-0.39, 0.29) is 102 Å². The number of alkyl halides is 2. The quantitative estimate of drug-likeness (QED) is 0.00684. The topological polar surface area (TPSA) is 520 Å². The number of nitrogens with one attached hydrogen (secondary N) is 4. The largest absolute Gasteiger partial charge is 0.494 e. The van der Waals surface area contributed by atoms with E-state index < -0.39 is 143 Å². The third-order valence-corrected chi connectivity index (χ3v) is 23.8. The van der Waals surface area contributed by atoms with E-state index in [0.29, 0.717) is 78.2 Å². The van der Waals surface area contributed by atoms with Crippen LogP contribution in [0.15, 0.2) is 101 Å². The van der Waals surface area contributed by atoms with E-state index in [2.05, 4.69) is 30.9 Å². The number of carboxylic acids is 1. The van der Waals surface area contributed by atoms with Gasteiger partial charge in [0.05, 0.1) is 37.4 Å². The first kappa shape index (κ1) is 86.7. The number of fused-ring (bicyclic) bond motifs is 3. The number of aromatic amines is 1. The Hall–Kier alpha value is -9.19. The molecule has 5 aliphatic rings. The summed E-state index contributed by atoms with van der Waals surface area (Å²) in [5.74, 6) is -3.28. The minimum Gasteiger partial charge on any atom is -0.494 e. The highest BCUT2D eigenvalue weighted by molar-refractivity contribution is 8.54. The number of likely N-dealkylation sites (tertiary alicyclic amines) is 1. The molecular weight excluding hydrogens is 1580 g/mol. The highest BCUT2D eigenvalue weighted by Crippen LogP contribution is 2.65. The third-order valence-electron chi connectivity index (χ3n) is 19.2. The first-order chi connectivity index (χ1) is 55.2. The molecule has 0 bridgehead atoms. The Morgan fingerprint density at radius 1 is 0.678 bits per heavy atom. The third kappa shape index (κ3) is 23.6. The van der Waals surface area contributed by atoms with E-state index in [1.54, 1.807) is 36.4 Å². The van der Waals surface area contributed by atoms with Crippen LogP contribution in [0.3, 0.4) is 0 Å². The summed E-state index contributed by atoms with van der Waals surface area (Å²) in [6.45, 7) is -5.76. The Balaban J connectivity index is 0.563. The summed E-state index contributed by atoms with van der Waals surface area (Å²) in [7, 11) is -5.29. The van der Waals surface area contributed by atoms with Crippen molar-refractivity contribution in [3.8, 4) is 17.2 Å². The molecule has 5 amide bonds. The number of nitrogens with two attached hydrogens (primary N) is 1. The minimum atomic E-state index is -5.29. The van der Waals surface area contributed by atoms with Crippen molar-refractivity contribution in [2.45, 2.75) is 201 Å². The van der Waals surface area contributed by atoms with Crippen molar-refractivity contribution in [3.63, 3.8) is 0 Å². The number of carboxylic acid groups (broad SMARTS) is 1. The predicted molar refractivity (Wildman–Crippen MR) is 399 cm³/mol. The van der Waals surface area contributed by atoms with Crippen LogP contribution >= 0.6 is 26.0 Å². The Morgan fingerprint density at radius 2 is 1.32 bits per heavy atom. The van der Waals surface area contributed by atoms with E-state index in [1.165, 1.54) is 35.2 Å². The zero-order chi connectivity index (χ0) is 81.9. The number of imidazole rings is 1. The first-order valence-corrected chi connectivity index (χ1v) is 42.0. The Morgan fingerprint density at radius 3 is 2.02 bits per heavy atom. The number of aliphatic hydroxyl groups is 3. The van der Waals surface area contributed by atoms with Gasteiger partial charge in [0.15, 0.2) is 42.4 Å². The fourth-order valence-electron chi connectivity index (χ4n) is 13.0. The smallest absolute Gasteiger partial charge is 0.472 e. The second-order valence-corrected chi connectivity index (χ2v) is 33.0. The number of halogens is 2. The molecular formula is C72H89F2N11O27P2S. The summed E-state index contributed by atoms with van der Waals surface area (Å²) in [6, 6.07) is 17.6. The molecule has 5 saturated heterocycles. The van der Waals surface area contributed by atoms with Crippen LogP contribution in [0, 0.1) is 0 Å². The fourth-order valence-corrected chi connectivity index (χ4v) is 17.4. The van der Waals surface area contributed by atoms with Crippen LogP contribution in [0.5, 0.6) is 17.2 Å². The number of benzene rings is 3. The van der Waals surface area contributed by atoms with Gasteiger partial charge in [-0.3, -0.25) is 61.1 Å². The van der Waals surface area contributed by atoms with Crippen LogP contribution in [0.4, 0.5) is 25.1 Å².